The second-order valence-corrected chi connectivity index (χ2v) is 8.20. The van der Waals surface area contributed by atoms with E-state index in [1.165, 1.54) is 12.1 Å². The van der Waals surface area contributed by atoms with E-state index < -0.39 is 0 Å². The Bertz CT molecular complexity index is 896. The molecule has 2 saturated heterocycles. The highest BCUT2D eigenvalue weighted by atomic mass is 19.1. The summed E-state index contributed by atoms with van der Waals surface area (Å²) in [5.74, 6) is 0.191. The normalized spacial score (nSPS) is 21.9. The van der Waals surface area contributed by atoms with Gasteiger partial charge in [0.2, 0.25) is 11.8 Å². The summed E-state index contributed by atoms with van der Waals surface area (Å²) < 4.78 is 15.4. The van der Waals surface area contributed by atoms with E-state index >= 15 is 0 Å². The number of fused-ring (bicyclic) bond motifs is 1. The van der Waals surface area contributed by atoms with E-state index in [0.717, 1.165) is 24.0 Å². The largest absolute Gasteiger partial charge is 0.340 e. The van der Waals surface area contributed by atoms with Crippen molar-refractivity contribution in [2.45, 2.75) is 51.7 Å². The number of carbonyl (C=O) groups is 2. The van der Waals surface area contributed by atoms with Gasteiger partial charge in [-0.1, -0.05) is 12.1 Å². The van der Waals surface area contributed by atoms with Crippen LogP contribution in [0.4, 0.5) is 4.39 Å². The summed E-state index contributed by atoms with van der Waals surface area (Å²) in [6.45, 7) is 4.18. The highest BCUT2D eigenvalue weighted by Crippen LogP contribution is 2.32. The maximum atomic E-state index is 13.6. The molecule has 29 heavy (non-hydrogen) atoms. The summed E-state index contributed by atoms with van der Waals surface area (Å²) in [4.78, 5) is 29.3. The molecule has 0 N–H and O–H groups in total. The van der Waals surface area contributed by atoms with E-state index in [1.54, 1.807) is 16.9 Å². The fourth-order valence-electron chi connectivity index (χ4n) is 4.53. The number of hydrogen-bond donors (Lipinski definition) is 0. The van der Waals surface area contributed by atoms with Crippen LogP contribution in [0.2, 0.25) is 0 Å². The average Bonchev–Trinajstić information content (AvgIpc) is 3.27. The van der Waals surface area contributed by atoms with Crippen LogP contribution in [0.1, 0.15) is 36.8 Å². The van der Waals surface area contributed by atoms with E-state index in [1.807, 2.05) is 29.0 Å². The molecule has 2 fully saturated rings. The first-order valence-electron chi connectivity index (χ1n) is 10.3. The van der Waals surface area contributed by atoms with Crippen molar-refractivity contribution in [1.82, 2.24) is 19.6 Å². The molecule has 4 rings (SSSR count). The predicted octanol–water partition coefficient (Wildman–Crippen LogP) is 2.76. The lowest BCUT2D eigenvalue weighted by atomic mass is 9.98. The number of rotatable bonds is 5. The molecule has 2 aliphatic rings. The average molecular weight is 398 g/mol. The topological polar surface area (TPSA) is 58.4 Å². The Hall–Kier alpha value is -2.70. The molecular weight excluding hydrogens is 371 g/mol. The van der Waals surface area contributed by atoms with Crippen LogP contribution in [0.15, 0.2) is 36.7 Å². The zero-order valence-electron chi connectivity index (χ0n) is 16.8. The van der Waals surface area contributed by atoms with Crippen LogP contribution >= 0.6 is 0 Å². The van der Waals surface area contributed by atoms with Crippen molar-refractivity contribution in [3.63, 3.8) is 0 Å². The van der Waals surface area contributed by atoms with Gasteiger partial charge in [-0.2, -0.15) is 5.10 Å². The molecule has 0 unspecified atom stereocenters. The second-order valence-electron chi connectivity index (χ2n) is 8.20. The van der Waals surface area contributed by atoms with Crippen LogP contribution in [0, 0.1) is 18.7 Å². The van der Waals surface area contributed by atoms with Gasteiger partial charge in [0, 0.05) is 45.2 Å². The summed E-state index contributed by atoms with van der Waals surface area (Å²) in [5, 5.41) is 4.24. The Labute approximate surface area is 170 Å². The number of halogens is 1. The van der Waals surface area contributed by atoms with Crippen LogP contribution in [0.25, 0.3) is 0 Å². The molecular formula is C22H27FN4O2. The molecule has 0 bridgehead atoms. The number of aromatic nitrogens is 2. The van der Waals surface area contributed by atoms with Gasteiger partial charge in [0.15, 0.2) is 0 Å². The molecule has 2 aromatic rings. The van der Waals surface area contributed by atoms with Gasteiger partial charge in [-0.3, -0.25) is 14.3 Å². The molecule has 2 aliphatic heterocycles. The van der Waals surface area contributed by atoms with Crippen molar-refractivity contribution in [3.8, 4) is 0 Å². The molecule has 7 heteroatoms. The van der Waals surface area contributed by atoms with Crippen molar-refractivity contribution in [1.29, 1.82) is 0 Å². The quantitative estimate of drug-likeness (QED) is 0.778. The maximum Gasteiger partial charge on any atom is 0.224 e. The monoisotopic (exact) mass is 398 g/mol. The van der Waals surface area contributed by atoms with Crippen LogP contribution < -0.4 is 0 Å². The van der Waals surface area contributed by atoms with E-state index in [9.17, 15) is 14.0 Å². The highest BCUT2D eigenvalue weighted by molar-refractivity contribution is 5.78. The number of nitrogens with zero attached hydrogens (tertiary/aromatic N) is 4. The Balaban J connectivity index is 1.43. The first-order chi connectivity index (χ1) is 14.0. The van der Waals surface area contributed by atoms with Gasteiger partial charge < -0.3 is 9.80 Å². The Morgan fingerprint density at radius 2 is 2.17 bits per heavy atom. The van der Waals surface area contributed by atoms with Crippen molar-refractivity contribution in [2.75, 3.05) is 13.1 Å². The van der Waals surface area contributed by atoms with Gasteiger partial charge in [-0.05, 0) is 48.9 Å². The van der Waals surface area contributed by atoms with Gasteiger partial charge in [0.25, 0.3) is 0 Å². The summed E-state index contributed by atoms with van der Waals surface area (Å²) >= 11 is 0. The lowest BCUT2D eigenvalue weighted by Crippen LogP contribution is -2.43. The highest BCUT2D eigenvalue weighted by Gasteiger charge is 2.41. The molecule has 0 spiro atoms. The predicted molar refractivity (Wildman–Crippen MR) is 106 cm³/mol. The van der Waals surface area contributed by atoms with Gasteiger partial charge in [0.1, 0.15) is 5.82 Å². The van der Waals surface area contributed by atoms with Crippen molar-refractivity contribution < 1.29 is 14.0 Å². The zero-order valence-corrected chi connectivity index (χ0v) is 16.8. The number of hydrogen-bond acceptors (Lipinski definition) is 3. The second kappa shape index (κ2) is 8.35. The zero-order chi connectivity index (χ0) is 20.4. The number of carbonyl (C=O) groups excluding carboxylic acids is 2. The summed E-state index contributed by atoms with van der Waals surface area (Å²) in [5.41, 5.74) is 1.87. The van der Waals surface area contributed by atoms with E-state index in [0.29, 0.717) is 39.0 Å². The number of aryl methyl sites for hydroxylation is 2. The number of amides is 2. The molecule has 1 aromatic carbocycles. The van der Waals surface area contributed by atoms with Gasteiger partial charge in [0.05, 0.1) is 12.2 Å². The lowest BCUT2D eigenvalue weighted by molar-refractivity contribution is -0.135. The summed E-state index contributed by atoms with van der Waals surface area (Å²) in [6.07, 6.45) is 6.43. The Morgan fingerprint density at radius 3 is 2.93 bits per heavy atom. The van der Waals surface area contributed by atoms with Gasteiger partial charge in [-0.15, -0.1) is 0 Å². The standard InChI is InChI=1S/C22H27FN4O2/c1-16-11-24-26(12-16)9-8-21(28)25-14-18-5-3-7-22(29)27(20(18)15-25)13-17-4-2-6-19(23)10-17/h2,4,6,10-12,18,20H,3,5,7-9,13-15H2,1H3/t18-,20+/m1/s1. The van der Waals surface area contributed by atoms with Crippen LogP contribution in [0.5, 0.6) is 0 Å². The lowest BCUT2D eigenvalue weighted by Gasteiger charge is -2.30. The van der Waals surface area contributed by atoms with E-state index in [4.69, 9.17) is 0 Å². The SMILES string of the molecule is Cc1cnn(CCC(=O)N2C[C@H]3CCCC(=O)N(Cc4cccc(F)c4)[C@H]3C2)c1. The first kappa shape index (κ1) is 19.6. The fraction of sp³-hybridized carbons (Fsp3) is 0.500. The third kappa shape index (κ3) is 4.49. The minimum atomic E-state index is -0.293. The molecule has 0 saturated carbocycles. The van der Waals surface area contributed by atoms with Gasteiger partial charge in [-0.25, -0.2) is 4.39 Å². The minimum absolute atomic E-state index is 0.00386. The fourth-order valence-corrected chi connectivity index (χ4v) is 4.53. The smallest absolute Gasteiger partial charge is 0.224 e. The van der Waals surface area contributed by atoms with Crippen LogP contribution in [-0.2, 0) is 22.7 Å². The maximum absolute atomic E-state index is 13.6. The van der Waals surface area contributed by atoms with Crippen LogP contribution in [0.3, 0.4) is 0 Å². The van der Waals surface area contributed by atoms with Crippen molar-refractivity contribution in [3.05, 3.63) is 53.6 Å². The van der Waals surface area contributed by atoms with Crippen LogP contribution in [-0.4, -0.2) is 50.5 Å². The molecule has 154 valence electrons. The summed E-state index contributed by atoms with van der Waals surface area (Å²) in [7, 11) is 0. The molecule has 1 aromatic heterocycles. The number of likely N-dealkylation sites (tertiary alicyclic amines) is 2. The molecule has 6 nitrogen and oxygen atoms in total. The van der Waals surface area contributed by atoms with Gasteiger partial charge >= 0.3 is 0 Å². The minimum Gasteiger partial charge on any atom is -0.340 e. The Morgan fingerprint density at radius 1 is 1.31 bits per heavy atom. The Kier molecular flexibility index (Phi) is 5.65. The number of benzene rings is 1. The summed E-state index contributed by atoms with van der Waals surface area (Å²) in [6, 6.07) is 6.42. The molecule has 0 radical (unpaired) electrons. The van der Waals surface area contributed by atoms with E-state index in [2.05, 4.69) is 5.10 Å². The first-order valence-corrected chi connectivity index (χ1v) is 10.3. The molecule has 2 atom stereocenters. The van der Waals surface area contributed by atoms with Crippen molar-refractivity contribution >= 4 is 11.8 Å². The third-order valence-corrected chi connectivity index (χ3v) is 6.00. The van der Waals surface area contributed by atoms with E-state index in [-0.39, 0.29) is 29.6 Å². The molecule has 0 aliphatic carbocycles. The molecule has 2 amide bonds. The molecule has 3 heterocycles. The van der Waals surface area contributed by atoms with Crippen molar-refractivity contribution in [2.24, 2.45) is 5.92 Å². The third-order valence-electron chi connectivity index (χ3n) is 6.00.